The number of hydrogen-bond donors (Lipinski definition) is 1. The summed E-state index contributed by atoms with van der Waals surface area (Å²) in [5.74, 6) is 0.756. The highest BCUT2D eigenvalue weighted by atomic mass is 15.1. The lowest BCUT2D eigenvalue weighted by atomic mass is 9.76. The molecule has 19 heavy (non-hydrogen) atoms. The fraction of sp³-hybridized carbons (Fsp3) is 0.438. The highest BCUT2D eigenvalue weighted by Crippen LogP contribution is 2.36. The van der Waals surface area contributed by atoms with Crippen LogP contribution in [0.1, 0.15) is 29.9 Å². The standard InChI is InChI=1S/C16H21N3/c1-13-2-4-14(5-3-13)15-10-16(11-15)18-7-9-19-8-6-17-12-19/h2-6,8,12,15-16,18H,7,9-11H2,1H3. The molecule has 0 atom stereocenters. The fourth-order valence-corrected chi connectivity index (χ4v) is 2.71. The summed E-state index contributed by atoms with van der Waals surface area (Å²) in [7, 11) is 0. The van der Waals surface area contributed by atoms with Crippen LogP contribution in [0.2, 0.25) is 0 Å². The lowest BCUT2D eigenvalue weighted by Crippen LogP contribution is -2.41. The van der Waals surface area contributed by atoms with E-state index in [2.05, 4.69) is 46.1 Å². The molecule has 3 heteroatoms. The van der Waals surface area contributed by atoms with Crippen molar-refractivity contribution in [2.45, 2.75) is 38.3 Å². The molecule has 0 amide bonds. The van der Waals surface area contributed by atoms with Crippen LogP contribution in [-0.4, -0.2) is 22.1 Å². The Hall–Kier alpha value is -1.61. The smallest absolute Gasteiger partial charge is 0.0946 e. The number of aromatic nitrogens is 2. The molecule has 0 aliphatic heterocycles. The molecule has 1 aromatic heterocycles. The third kappa shape index (κ3) is 3.04. The van der Waals surface area contributed by atoms with Gasteiger partial charge in [0.2, 0.25) is 0 Å². The summed E-state index contributed by atoms with van der Waals surface area (Å²) in [4.78, 5) is 4.05. The Morgan fingerprint density at radius 1 is 1.26 bits per heavy atom. The first-order valence-electron chi connectivity index (χ1n) is 7.07. The molecule has 1 aliphatic rings. The van der Waals surface area contributed by atoms with Gasteiger partial charge in [-0.25, -0.2) is 4.98 Å². The minimum absolute atomic E-state index is 0.690. The predicted molar refractivity (Wildman–Crippen MR) is 77.2 cm³/mol. The average Bonchev–Trinajstić information content (AvgIpc) is 2.87. The minimum Gasteiger partial charge on any atom is -0.336 e. The third-order valence-electron chi connectivity index (χ3n) is 4.05. The van der Waals surface area contributed by atoms with E-state index in [1.54, 1.807) is 0 Å². The lowest BCUT2D eigenvalue weighted by Gasteiger charge is -2.36. The first-order chi connectivity index (χ1) is 9.31. The van der Waals surface area contributed by atoms with Crippen molar-refractivity contribution in [3.63, 3.8) is 0 Å². The molecule has 1 N–H and O–H groups in total. The molecule has 1 aliphatic carbocycles. The van der Waals surface area contributed by atoms with Crippen LogP contribution in [0.3, 0.4) is 0 Å². The number of nitrogens with zero attached hydrogens (tertiary/aromatic N) is 2. The molecular weight excluding hydrogens is 234 g/mol. The summed E-state index contributed by atoms with van der Waals surface area (Å²) in [6, 6.07) is 9.68. The van der Waals surface area contributed by atoms with E-state index >= 15 is 0 Å². The summed E-state index contributed by atoms with van der Waals surface area (Å²) < 4.78 is 2.11. The molecule has 1 aromatic carbocycles. The molecule has 100 valence electrons. The van der Waals surface area contributed by atoms with Gasteiger partial charge in [0.25, 0.3) is 0 Å². The molecule has 3 nitrogen and oxygen atoms in total. The molecular formula is C16H21N3. The first-order valence-corrected chi connectivity index (χ1v) is 7.07. The summed E-state index contributed by atoms with van der Waals surface area (Å²) in [5, 5.41) is 3.62. The van der Waals surface area contributed by atoms with Gasteiger partial charge >= 0.3 is 0 Å². The summed E-state index contributed by atoms with van der Waals surface area (Å²) in [6.07, 6.45) is 8.26. The van der Waals surface area contributed by atoms with Crippen LogP contribution in [0, 0.1) is 6.92 Å². The SMILES string of the molecule is Cc1ccc(C2CC(NCCn3ccnc3)C2)cc1. The Morgan fingerprint density at radius 2 is 2.05 bits per heavy atom. The molecule has 2 aromatic rings. The largest absolute Gasteiger partial charge is 0.336 e. The van der Waals surface area contributed by atoms with Gasteiger partial charge in [-0.15, -0.1) is 0 Å². The van der Waals surface area contributed by atoms with E-state index in [9.17, 15) is 0 Å². The number of aryl methyl sites for hydroxylation is 1. The Kier molecular flexibility index (Phi) is 3.65. The number of rotatable bonds is 5. The highest BCUT2D eigenvalue weighted by Gasteiger charge is 2.29. The van der Waals surface area contributed by atoms with Crippen molar-refractivity contribution in [2.24, 2.45) is 0 Å². The Morgan fingerprint density at radius 3 is 2.74 bits per heavy atom. The van der Waals surface area contributed by atoms with Crippen LogP contribution < -0.4 is 5.32 Å². The molecule has 1 fully saturated rings. The second-order valence-corrected chi connectivity index (χ2v) is 5.53. The number of benzene rings is 1. The van der Waals surface area contributed by atoms with Crippen molar-refractivity contribution in [2.75, 3.05) is 6.54 Å². The van der Waals surface area contributed by atoms with Crippen LogP contribution in [0.25, 0.3) is 0 Å². The predicted octanol–water partition coefficient (Wildman–Crippen LogP) is 2.73. The molecule has 0 radical (unpaired) electrons. The Bertz CT molecular complexity index is 495. The maximum Gasteiger partial charge on any atom is 0.0946 e. The minimum atomic E-state index is 0.690. The van der Waals surface area contributed by atoms with Gasteiger partial charge in [0, 0.05) is 31.5 Å². The summed E-state index contributed by atoms with van der Waals surface area (Å²) in [5.41, 5.74) is 2.84. The van der Waals surface area contributed by atoms with Gasteiger partial charge in [-0.1, -0.05) is 29.8 Å². The van der Waals surface area contributed by atoms with E-state index in [4.69, 9.17) is 0 Å². The van der Waals surface area contributed by atoms with Crippen molar-refractivity contribution in [3.05, 3.63) is 54.1 Å². The van der Waals surface area contributed by atoms with E-state index in [0.717, 1.165) is 19.0 Å². The number of nitrogens with one attached hydrogen (secondary N) is 1. The van der Waals surface area contributed by atoms with E-state index in [-0.39, 0.29) is 0 Å². The van der Waals surface area contributed by atoms with E-state index in [1.807, 2.05) is 18.7 Å². The van der Waals surface area contributed by atoms with Crippen molar-refractivity contribution >= 4 is 0 Å². The second-order valence-electron chi connectivity index (χ2n) is 5.53. The fourth-order valence-electron chi connectivity index (χ4n) is 2.71. The maximum absolute atomic E-state index is 4.05. The molecule has 1 heterocycles. The highest BCUT2D eigenvalue weighted by molar-refractivity contribution is 5.26. The molecule has 3 rings (SSSR count). The van der Waals surface area contributed by atoms with Crippen molar-refractivity contribution < 1.29 is 0 Å². The summed E-state index contributed by atoms with van der Waals surface area (Å²) >= 11 is 0. The van der Waals surface area contributed by atoms with Gasteiger partial charge in [0.05, 0.1) is 6.33 Å². The summed E-state index contributed by atoms with van der Waals surface area (Å²) in [6.45, 7) is 4.18. The topological polar surface area (TPSA) is 29.9 Å². The maximum atomic E-state index is 4.05. The van der Waals surface area contributed by atoms with E-state index in [1.165, 1.54) is 24.0 Å². The molecule has 0 bridgehead atoms. The second kappa shape index (κ2) is 5.57. The van der Waals surface area contributed by atoms with Gasteiger partial charge in [0.15, 0.2) is 0 Å². The zero-order valence-electron chi connectivity index (χ0n) is 11.4. The van der Waals surface area contributed by atoms with Crippen LogP contribution in [0.4, 0.5) is 0 Å². The van der Waals surface area contributed by atoms with Crippen molar-refractivity contribution in [1.82, 2.24) is 14.9 Å². The lowest BCUT2D eigenvalue weighted by molar-refractivity contribution is 0.288. The first kappa shape index (κ1) is 12.4. The Balaban J connectivity index is 1.39. The average molecular weight is 255 g/mol. The monoisotopic (exact) mass is 255 g/mol. The van der Waals surface area contributed by atoms with Gasteiger partial charge in [0.1, 0.15) is 0 Å². The number of hydrogen-bond acceptors (Lipinski definition) is 2. The van der Waals surface area contributed by atoms with Crippen LogP contribution >= 0.6 is 0 Å². The van der Waals surface area contributed by atoms with Gasteiger partial charge < -0.3 is 9.88 Å². The molecule has 1 saturated carbocycles. The molecule has 0 saturated heterocycles. The van der Waals surface area contributed by atoms with Gasteiger partial charge in [-0.2, -0.15) is 0 Å². The number of imidazole rings is 1. The van der Waals surface area contributed by atoms with Crippen molar-refractivity contribution in [1.29, 1.82) is 0 Å². The Labute approximate surface area is 114 Å². The zero-order chi connectivity index (χ0) is 13.1. The normalized spacial score (nSPS) is 22.2. The molecule has 0 spiro atoms. The molecule has 0 unspecified atom stereocenters. The third-order valence-corrected chi connectivity index (χ3v) is 4.05. The quantitative estimate of drug-likeness (QED) is 0.890. The van der Waals surface area contributed by atoms with Gasteiger partial charge in [-0.05, 0) is 31.2 Å². The van der Waals surface area contributed by atoms with Crippen molar-refractivity contribution in [3.8, 4) is 0 Å². The van der Waals surface area contributed by atoms with Crippen LogP contribution in [0.5, 0.6) is 0 Å². The van der Waals surface area contributed by atoms with Crippen LogP contribution in [-0.2, 0) is 6.54 Å². The van der Waals surface area contributed by atoms with E-state index < -0.39 is 0 Å². The zero-order valence-corrected chi connectivity index (χ0v) is 11.4. The van der Waals surface area contributed by atoms with Crippen LogP contribution in [0.15, 0.2) is 43.0 Å². The van der Waals surface area contributed by atoms with E-state index in [0.29, 0.717) is 6.04 Å². The van der Waals surface area contributed by atoms with Gasteiger partial charge in [-0.3, -0.25) is 0 Å².